The normalized spacial score (nSPS) is 11.1. The third-order valence-electron chi connectivity index (χ3n) is 4.66. The molecule has 3 nitrogen and oxygen atoms in total. The van der Waals surface area contributed by atoms with E-state index in [4.69, 9.17) is 46.4 Å². The molecule has 0 radical (unpaired) electrons. The van der Waals surface area contributed by atoms with E-state index in [1.54, 1.807) is 23.5 Å². The maximum atomic E-state index is 6.34. The van der Waals surface area contributed by atoms with Crippen LogP contribution in [0.15, 0.2) is 71.9 Å². The molecule has 0 saturated carbocycles. The molecular formula is C23H17Cl4N3S2. The molecule has 9 heteroatoms. The molecule has 4 rings (SSSR count). The van der Waals surface area contributed by atoms with E-state index < -0.39 is 0 Å². The van der Waals surface area contributed by atoms with Gasteiger partial charge >= 0.3 is 0 Å². The van der Waals surface area contributed by atoms with Gasteiger partial charge < -0.3 is 0 Å². The summed E-state index contributed by atoms with van der Waals surface area (Å²) in [7, 11) is 0. The van der Waals surface area contributed by atoms with E-state index in [9.17, 15) is 0 Å². The van der Waals surface area contributed by atoms with Crippen molar-refractivity contribution in [1.29, 1.82) is 0 Å². The van der Waals surface area contributed by atoms with Gasteiger partial charge in [-0.15, -0.1) is 22.0 Å². The third-order valence-corrected chi connectivity index (χ3v) is 7.99. The number of aromatic nitrogens is 3. The maximum absolute atomic E-state index is 6.34. The molecule has 0 bridgehead atoms. The predicted octanol–water partition coefficient (Wildman–Crippen LogP) is 8.61. The molecule has 0 aliphatic rings. The topological polar surface area (TPSA) is 30.7 Å². The number of thioether (sulfide) groups is 2. The fraction of sp³-hybridized carbons (Fsp3) is 0.130. The third kappa shape index (κ3) is 5.58. The molecule has 164 valence electrons. The molecule has 0 aliphatic carbocycles. The van der Waals surface area contributed by atoms with Crippen LogP contribution < -0.4 is 0 Å². The number of nitrogens with zero attached hydrogens (tertiary/aromatic N) is 3. The van der Waals surface area contributed by atoms with Gasteiger partial charge in [0.15, 0.2) is 5.16 Å². The van der Waals surface area contributed by atoms with Crippen LogP contribution in [0.4, 0.5) is 0 Å². The average Bonchev–Trinajstić information content (AvgIpc) is 3.19. The van der Waals surface area contributed by atoms with E-state index in [-0.39, 0.29) is 0 Å². The second-order valence-corrected chi connectivity index (χ2v) is 10.3. The van der Waals surface area contributed by atoms with Crippen molar-refractivity contribution < 1.29 is 0 Å². The van der Waals surface area contributed by atoms with Crippen LogP contribution in [-0.4, -0.2) is 14.8 Å². The molecule has 3 aromatic carbocycles. The van der Waals surface area contributed by atoms with Gasteiger partial charge in [-0.25, -0.2) is 0 Å². The van der Waals surface area contributed by atoms with Crippen molar-refractivity contribution in [2.24, 2.45) is 0 Å². The van der Waals surface area contributed by atoms with Crippen LogP contribution in [0.1, 0.15) is 17.0 Å². The van der Waals surface area contributed by atoms with Crippen molar-refractivity contribution in [3.63, 3.8) is 0 Å². The highest BCUT2D eigenvalue weighted by atomic mass is 35.5. The summed E-state index contributed by atoms with van der Waals surface area (Å²) in [5.74, 6) is 2.76. The minimum Gasteiger partial charge on any atom is -0.273 e. The highest BCUT2D eigenvalue weighted by Crippen LogP contribution is 2.34. The molecule has 0 fully saturated rings. The second kappa shape index (κ2) is 11.2. The summed E-state index contributed by atoms with van der Waals surface area (Å²) in [5, 5.41) is 12.3. The number of hydrogen-bond acceptors (Lipinski definition) is 4. The van der Waals surface area contributed by atoms with Gasteiger partial charge in [0.1, 0.15) is 5.82 Å². The van der Waals surface area contributed by atoms with Crippen molar-refractivity contribution in [1.82, 2.24) is 14.8 Å². The fourth-order valence-corrected chi connectivity index (χ4v) is 6.43. The van der Waals surface area contributed by atoms with Gasteiger partial charge in [0.2, 0.25) is 0 Å². The quantitative estimate of drug-likeness (QED) is 0.209. The lowest BCUT2D eigenvalue weighted by molar-refractivity contribution is 0.864. The Hall–Kier alpha value is -1.34. The summed E-state index contributed by atoms with van der Waals surface area (Å²) in [5.41, 5.74) is 2.80. The Morgan fingerprint density at radius 1 is 0.625 bits per heavy atom. The molecule has 0 N–H and O–H groups in total. The van der Waals surface area contributed by atoms with Crippen molar-refractivity contribution >= 4 is 69.9 Å². The van der Waals surface area contributed by atoms with Gasteiger partial charge in [0, 0.05) is 37.3 Å². The van der Waals surface area contributed by atoms with E-state index in [1.807, 2.05) is 66.7 Å². The van der Waals surface area contributed by atoms with Crippen molar-refractivity contribution in [2.45, 2.75) is 22.4 Å². The number of para-hydroxylation sites is 1. The Balaban J connectivity index is 1.56. The first-order chi connectivity index (χ1) is 15.5. The van der Waals surface area contributed by atoms with Gasteiger partial charge in [-0.3, -0.25) is 4.57 Å². The van der Waals surface area contributed by atoms with Gasteiger partial charge in [-0.05, 0) is 47.5 Å². The Labute approximate surface area is 215 Å². The standard InChI is InChI=1S/C23H17Cl4N3S2/c24-18-8-4-9-19(25)16(18)12-31-14-22-28-29-23(30(22)15-6-2-1-3-7-15)32-13-17-20(26)10-5-11-21(17)27/h1-11H,12-14H2. The SMILES string of the molecule is Clc1cccc(Cl)c1CSCc1nnc(SCc2c(Cl)cccc2Cl)n1-c1ccccc1. The average molecular weight is 541 g/mol. The van der Waals surface area contributed by atoms with E-state index in [0.717, 1.165) is 27.8 Å². The Morgan fingerprint density at radius 3 is 1.78 bits per heavy atom. The van der Waals surface area contributed by atoms with Crippen LogP contribution in [-0.2, 0) is 17.3 Å². The molecule has 0 unspecified atom stereocenters. The molecule has 0 atom stereocenters. The van der Waals surface area contributed by atoms with Gasteiger partial charge in [-0.2, -0.15) is 0 Å². The molecule has 1 heterocycles. The molecular weight excluding hydrogens is 524 g/mol. The fourth-order valence-electron chi connectivity index (χ4n) is 3.05. The van der Waals surface area contributed by atoms with Gasteiger partial charge in [0.25, 0.3) is 0 Å². The molecule has 32 heavy (non-hydrogen) atoms. The zero-order valence-corrected chi connectivity index (χ0v) is 21.3. The second-order valence-electron chi connectivity index (χ2n) is 6.75. The van der Waals surface area contributed by atoms with Gasteiger partial charge in [-0.1, -0.05) is 88.5 Å². The predicted molar refractivity (Wildman–Crippen MR) is 139 cm³/mol. The molecule has 1 aromatic heterocycles. The minimum absolute atomic E-state index is 0.589. The number of halogens is 4. The first-order valence-corrected chi connectivity index (χ1v) is 13.3. The summed E-state index contributed by atoms with van der Waals surface area (Å²) in [6, 6.07) is 21.1. The highest BCUT2D eigenvalue weighted by Gasteiger charge is 2.17. The summed E-state index contributed by atoms with van der Waals surface area (Å²) in [6.45, 7) is 0. The van der Waals surface area contributed by atoms with Crippen LogP contribution in [0.3, 0.4) is 0 Å². The summed E-state index contributed by atoms with van der Waals surface area (Å²) in [4.78, 5) is 0. The Kier molecular flexibility index (Phi) is 8.32. The van der Waals surface area contributed by atoms with E-state index in [1.165, 1.54) is 0 Å². The lowest BCUT2D eigenvalue weighted by Crippen LogP contribution is -2.02. The monoisotopic (exact) mass is 539 g/mol. The van der Waals surface area contributed by atoms with Crippen LogP contribution in [0.5, 0.6) is 0 Å². The van der Waals surface area contributed by atoms with Crippen molar-refractivity contribution in [2.75, 3.05) is 0 Å². The lowest BCUT2D eigenvalue weighted by Gasteiger charge is -2.11. The summed E-state index contributed by atoms with van der Waals surface area (Å²) >= 11 is 28.5. The maximum Gasteiger partial charge on any atom is 0.196 e. The molecule has 0 saturated heterocycles. The van der Waals surface area contributed by atoms with Crippen LogP contribution >= 0.6 is 69.9 Å². The highest BCUT2D eigenvalue weighted by molar-refractivity contribution is 7.98. The lowest BCUT2D eigenvalue weighted by atomic mass is 10.2. The smallest absolute Gasteiger partial charge is 0.196 e. The van der Waals surface area contributed by atoms with E-state index in [0.29, 0.717) is 37.3 Å². The molecule has 0 amide bonds. The van der Waals surface area contributed by atoms with Crippen molar-refractivity contribution in [3.05, 3.63) is 104 Å². The zero-order chi connectivity index (χ0) is 22.5. The van der Waals surface area contributed by atoms with Gasteiger partial charge in [0.05, 0.1) is 5.75 Å². The molecule has 4 aromatic rings. The van der Waals surface area contributed by atoms with Crippen LogP contribution in [0.25, 0.3) is 5.69 Å². The Bertz CT molecular complexity index is 1170. The van der Waals surface area contributed by atoms with Crippen molar-refractivity contribution in [3.8, 4) is 5.69 Å². The van der Waals surface area contributed by atoms with Crippen LogP contribution in [0, 0.1) is 0 Å². The van der Waals surface area contributed by atoms with Crippen LogP contribution in [0.2, 0.25) is 20.1 Å². The first kappa shape index (κ1) is 23.8. The largest absolute Gasteiger partial charge is 0.273 e. The zero-order valence-electron chi connectivity index (χ0n) is 16.6. The first-order valence-electron chi connectivity index (χ1n) is 9.60. The molecule has 0 spiro atoms. The number of benzene rings is 3. The number of rotatable bonds is 8. The van der Waals surface area contributed by atoms with E-state index in [2.05, 4.69) is 14.8 Å². The minimum atomic E-state index is 0.589. The van der Waals surface area contributed by atoms with E-state index >= 15 is 0 Å². The number of hydrogen-bond donors (Lipinski definition) is 0. The summed E-state index contributed by atoms with van der Waals surface area (Å²) < 4.78 is 2.07. The Morgan fingerprint density at radius 2 is 1.19 bits per heavy atom. The summed E-state index contributed by atoms with van der Waals surface area (Å²) in [6.07, 6.45) is 0. The molecule has 0 aliphatic heterocycles.